The van der Waals surface area contributed by atoms with Gasteiger partial charge >= 0.3 is 0 Å². The van der Waals surface area contributed by atoms with Crippen LogP contribution in [0.1, 0.15) is 0 Å². The van der Waals surface area contributed by atoms with Gasteiger partial charge in [-0.25, -0.2) is 0 Å². The van der Waals surface area contributed by atoms with E-state index in [0.717, 1.165) is 12.0 Å². The Morgan fingerprint density at radius 2 is 2.33 bits per heavy atom. The van der Waals surface area contributed by atoms with Gasteiger partial charge in [-0.15, -0.1) is 0 Å². The summed E-state index contributed by atoms with van der Waals surface area (Å²) in [6.07, 6.45) is 0.753. The standard InChI is InChI=1S/C5H12N2OS/c6-1-2-9-4-5(7)3-8/h3,5H,1-2,4,6-7H2/t5-/m1/s1. The van der Waals surface area contributed by atoms with Crippen molar-refractivity contribution in [3.63, 3.8) is 0 Å². The van der Waals surface area contributed by atoms with Gasteiger partial charge in [0.2, 0.25) is 0 Å². The van der Waals surface area contributed by atoms with Gasteiger partial charge in [0.05, 0.1) is 6.04 Å². The summed E-state index contributed by atoms with van der Waals surface area (Å²) in [4.78, 5) is 9.93. The molecule has 0 saturated heterocycles. The van der Waals surface area contributed by atoms with Gasteiger partial charge in [-0.3, -0.25) is 0 Å². The molecule has 0 spiro atoms. The summed E-state index contributed by atoms with van der Waals surface area (Å²) in [6.45, 7) is 0.649. The molecule has 0 fully saturated rings. The Bertz CT molecular complexity index is 79.4. The zero-order valence-electron chi connectivity index (χ0n) is 5.25. The molecule has 0 unspecified atom stereocenters. The average Bonchev–Trinajstić information content (AvgIpc) is 1.89. The molecular formula is C5H12N2OS. The third-order valence-electron chi connectivity index (χ3n) is 0.747. The van der Waals surface area contributed by atoms with Crippen LogP contribution < -0.4 is 11.5 Å². The minimum absolute atomic E-state index is 0.318. The Hall–Kier alpha value is -0.0600. The first-order valence-electron chi connectivity index (χ1n) is 2.80. The molecule has 1 atom stereocenters. The number of hydrogen-bond acceptors (Lipinski definition) is 4. The Kier molecular flexibility index (Phi) is 6.03. The SMILES string of the molecule is NCCSC[C@H](N)C=O. The smallest absolute Gasteiger partial charge is 0.137 e. The third-order valence-corrected chi connectivity index (χ3v) is 1.89. The predicted molar refractivity (Wildman–Crippen MR) is 40.4 cm³/mol. The van der Waals surface area contributed by atoms with E-state index in [2.05, 4.69) is 0 Å². The van der Waals surface area contributed by atoms with Gasteiger partial charge in [0.15, 0.2) is 0 Å². The first-order valence-corrected chi connectivity index (χ1v) is 3.95. The molecule has 54 valence electrons. The number of nitrogens with two attached hydrogens (primary N) is 2. The normalized spacial score (nSPS) is 13.1. The molecule has 9 heavy (non-hydrogen) atoms. The second-order valence-electron chi connectivity index (χ2n) is 1.66. The van der Waals surface area contributed by atoms with Crippen molar-refractivity contribution in [3.8, 4) is 0 Å². The molecule has 3 nitrogen and oxygen atoms in total. The highest BCUT2D eigenvalue weighted by Gasteiger charge is 1.97. The van der Waals surface area contributed by atoms with Gasteiger partial charge in [0.25, 0.3) is 0 Å². The highest BCUT2D eigenvalue weighted by Crippen LogP contribution is 1.97. The zero-order chi connectivity index (χ0) is 7.11. The van der Waals surface area contributed by atoms with Crippen LogP contribution in [0.5, 0.6) is 0 Å². The van der Waals surface area contributed by atoms with Crippen LogP contribution in [0.3, 0.4) is 0 Å². The lowest BCUT2D eigenvalue weighted by atomic mass is 10.4. The van der Waals surface area contributed by atoms with Crippen LogP contribution in [0.25, 0.3) is 0 Å². The topological polar surface area (TPSA) is 69.1 Å². The van der Waals surface area contributed by atoms with E-state index < -0.39 is 0 Å². The summed E-state index contributed by atoms with van der Waals surface area (Å²) in [5, 5.41) is 0. The lowest BCUT2D eigenvalue weighted by Gasteiger charge is -2.00. The van der Waals surface area contributed by atoms with E-state index in [1.54, 1.807) is 11.8 Å². The molecule has 0 radical (unpaired) electrons. The quantitative estimate of drug-likeness (QED) is 0.396. The average molecular weight is 148 g/mol. The molecule has 0 aromatic rings. The molecule has 0 amide bonds. The maximum absolute atomic E-state index is 9.93. The van der Waals surface area contributed by atoms with Crippen LogP contribution in [0.15, 0.2) is 0 Å². The third kappa shape index (κ3) is 5.82. The van der Waals surface area contributed by atoms with Gasteiger partial charge in [0, 0.05) is 18.1 Å². The lowest BCUT2D eigenvalue weighted by Crippen LogP contribution is -2.24. The van der Waals surface area contributed by atoms with E-state index in [1.807, 2.05) is 0 Å². The van der Waals surface area contributed by atoms with Gasteiger partial charge in [-0.05, 0) is 0 Å². The van der Waals surface area contributed by atoms with Crippen molar-refractivity contribution in [2.75, 3.05) is 18.1 Å². The van der Waals surface area contributed by atoms with E-state index in [4.69, 9.17) is 11.5 Å². The Balaban J connectivity index is 2.96. The summed E-state index contributed by atoms with van der Waals surface area (Å²) in [6, 6.07) is -0.318. The van der Waals surface area contributed by atoms with Crippen molar-refractivity contribution in [2.24, 2.45) is 11.5 Å². The fraction of sp³-hybridized carbons (Fsp3) is 0.800. The van der Waals surface area contributed by atoms with Gasteiger partial charge in [-0.2, -0.15) is 11.8 Å². The lowest BCUT2D eigenvalue weighted by molar-refractivity contribution is -0.108. The van der Waals surface area contributed by atoms with Crippen molar-refractivity contribution in [1.29, 1.82) is 0 Å². The summed E-state index contributed by atoms with van der Waals surface area (Å²) in [5.74, 6) is 1.56. The molecule has 0 aromatic carbocycles. The van der Waals surface area contributed by atoms with E-state index in [1.165, 1.54) is 0 Å². The molecule has 0 rings (SSSR count). The second-order valence-corrected chi connectivity index (χ2v) is 2.81. The van der Waals surface area contributed by atoms with E-state index in [-0.39, 0.29) is 6.04 Å². The largest absolute Gasteiger partial charge is 0.330 e. The molecule has 0 aliphatic heterocycles. The van der Waals surface area contributed by atoms with Crippen molar-refractivity contribution >= 4 is 18.0 Å². The number of carbonyl (C=O) groups is 1. The number of rotatable bonds is 5. The Labute approximate surface area is 59.2 Å². The Morgan fingerprint density at radius 3 is 2.78 bits per heavy atom. The van der Waals surface area contributed by atoms with Gasteiger partial charge in [0.1, 0.15) is 6.29 Å². The van der Waals surface area contributed by atoms with Gasteiger partial charge in [-0.1, -0.05) is 0 Å². The van der Waals surface area contributed by atoms with Crippen LogP contribution in [-0.4, -0.2) is 30.4 Å². The first kappa shape index (κ1) is 8.94. The fourth-order valence-electron chi connectivity index (χ4n) is 0.342. The molecule has 0 aromatic heterocycles. The molecule has 0 heterocycles. The van der Waals surface area contributed by atoms with Crippen LogP contribution in [-0.2, 0) is 4.79 Å². The molecule has 0 aliphatic rings. The summed E-state index contributed by atoms with van der Waals surface area (Å²) < 4.78 is 0. The molecule has 0 saturated carbocycles. The number of carbonyl (C=O) groups excluding carboxylic acids is 1. The highest BCUT2D eigenvalue weighted by atomic mass is 32.2. The Morgan fingerprint density at radius 1 is 1.67 bits per heavy atom. The van der Waals surface area contributed by atoms with Crippen LogP contribution in [0.4, 0.5) is 0 Å². The monoisotopic (exact) mass is 148 g/mol. The predicted octanol–water partition coefficient (Wildman–Crippen LogP) is -0.796. The number of hydrogen-bond donors (Lipinski definition) is 2. The second kappa shape index (κ2) is 6.07. The van der Waals surface area contributed by atoms with Crippen LogP contribution in [0.2, 0.25) is 0 Å². The zero-order valence-corrected chi connectivity index (χ0v) is 6.06. The summed E-state index contributed by atoms with van der Waals surface area (Å²) in [7, 11) is 0. The summed E-state index contributed by atoms with van der Waals surface area (Å²) in [5.41, 5.74) is 10.5. The number of thioether (sulfide) groups is 1. The van der Waals surface area contributed by atoms with Crippen LogP contribution >= 0.6 is 11.8 Å². The highest BCUT2D eigenvalue weighted by molar-refractivity contribution is 7.99. The van der Waals surface area contributed by atoms with Crippen molar-refractivity contribution < 1.29 is 4.79 Å². The first-order chi connectivity index (χ1) is 4.31. The van der Waals surface area contributed by atoms with Crippen molar-refractivity contribution in [2.45, 2.75) is 6.04 Å². The summed E-state index contributed by atoms with van der Waals surface area (Å²) >= 11 is 1.60. The minimum atomic E-state index is -0.318. The van der Waals surface area contributed by atoms with Crippen molar-refractivity contribution in [1.82, 2.24) is 0 Å². The molecule has 4 N–H and O–H groups in total. The minimum Gasteiger partial charge on any atom is -0.330 e. The van der Waals surface area contributed by atoms with Crippen LogP contribution in [0, 0.1) is 0 Å². The number of aldehydes is 1. The maximum Gasteiger partial charge on any atom is 0.137 e. The molecule has 0 aliphatic carbocycles. The molecule has 4 heteroatoms. The fourth-order valence-corrected chi connectivity index (χ4v) is 1.03. The van der Waals surface area contributed by atoms with E-state index in [9.17, 15) is 4.79 Å². The maximum atomic E-state index is 9.93. The molecular weight excluding hydrogens is 136 g/mol. The van der Waals surface area contributed by atoms with Gasteiger partial charge < -0.3 is 16.3 Å². The van der Waals surface area contributed by atoms with E-state index >= 15 is 0 Å². The molecule has 0 bridgehead atoms. The van der Waals surface area contributed by atoms with Crippen molar-refractivity contribution in [3.05, 3.63) is 0 Å². The van der Waals surface area contributed by atoms with E-state index in [0.29, 0.717) is 12.3 Å².